The summed E-state index contributed by atoms with van der Waals surface area (Å²) in [6, 6.07) is 7.53. The molecule has 2 rings (SSSR count). The van der Waals surface area contributed by atoms with E-state index in [4.69, 9.17) is 5.26 Å². The van der Waals surface area contributed by atoms with Crippen molar-refractivity contribution < 1.29 is 18.0 Å². The first kappa shape index (κ1) is 14.2. The number of imide groups is 1. The molecule has 104 valence electrons. The quantitative estimate of drug-likeness (QED) is 0.811. The number of amides is 2. The summed E-state index contributed by atoms with van der Waals surface area (Å²) in [5.41, 5.74) is 0.245. The number of hydrogen-bond donors (Lipinski definition) is 1. The minimum atomic E-state index is -3.67. The van der Waals surface area contributed by atoms with E-state index < -0.39 is 21.7 Å². The van der Waals surface area contributed by atoms with E-state index in [1.807, 2.05) is 6.07 Å². The van der Waals surface area contributed by atoms with E-state index in [2.05, 4.69) is 5.32 Å². The number of carbonyl (C=O) groups excluding carboxylic acids is 2. The fourth-order valence-corrected chi connectivity index (χ4v) is 3.65. The number of nitrogens with zero attached hydrogens (tertiary/aromatic N) is 1. The summed E-state index contributed by atoms with van der Waals surface area (Å²) in [5.74, 6) is -2.03. The maximum absolute atomic E-state index is 12.2. The van der Waals surface area contributed by atoms with Gasteiger partial charge < -0.3 is 0 Å². The number of sulfone groups is 1. The molecule has 1 aromatic carbocycles. The topological polar surface area (TPSA) is 104 Å². The second-order valence-electron chi connectivity index (χ2n) is 4.57. The van der Waals surface area contributed by atoms with Crippen molar-refractivity contribution in [3.63, 3.8) is 0 Å². The van der Waals surface area contributed by atoms with E-state index in [0.717, 1.165) is 0 Å². The highest BCUT2D eigenvalue weighted by atomic mass is 32.2. The van der Waals surface area contributed by atoms with Crippen molar-refractivity contribution in [3.8, 4) is 6.07 Å². The Morgan fingerprint density at radius 1 is 1.35 bits per heavy atom. The van der Waals surface area contributed by atoms with Crippen LogP contribution in [0.5, 0.6) is 0 Å². The fraction of sp³-hybridized carbons (Fsp3) is 0.308. The first-order valence-corrected chi connectivity index (χ1v) is 7.64. The van der Waals surface area contributed by atoms with Crippen LogP contribution in [0.15, 0.2) is 29.2 Å². The molecule has 1 unspecified atom stereocenters. The summed E-state index contributed by atoms with van der Waals surface area (Å²) in [6.07, 6.45) is 0.367. The lowest BCUT2D eigenvalue weighted by molar-refractivity contribution is -0.135. The third-order valence-corrected chi connectivity index (χ3v) is 4.91. The third kappa shape index (κ3) is 3.03. The Hall–Kier alpha value is -2.20. The molecular formula is C13H12N2O4S. The minimum absolute atomic E-state index is 0.0150. The van der Waals surface area contributed by atoms with Crippen LogP contribution in [0.4, 0.5) is 0 Å². The van der Waals surface area contributed by atoms with Crippen LogP contribution in [0.2, 0.25) is 0 Å². The zero-order valence-corrected chi connectivity index (χ0v) is 11.3. The maximum atomic E-state index is 12.2. The van der Waals surface area contributed by atoms with E-state index in [1.165, 1.54) is 24.3 Å². The molecule has 20 heavy (non-hydrogen) atoms. The average molecular weight is 292 g/mol. The third-order valence-electron chi connectivity index (χ3n) is 3.10. The molecule has 1 atom stereocenters. The number of nitriles is 1. The molecule has 1 aliphatic rings. The van der Waals surface area contributed by atoms with E-state index in [-0.39, 0.29) is 35.0 Å². The van der Waals surface area contributed by atoms with Gasteiger partial charge in [-0.05, 0) is 24.6 Å². The lowest BCUT2D eigenvalue weighted by Gasteiger charge is -2.20. The van der Waals surface area contributed by atoms with Gasteiger partial charge >= 0.3 is 0 Å². The second kappa shape index (κ2) is 5.43. The fourth-order valence-electron chi connectivity index (χ4n) is 2.02. The zero-order chi connectivity index (χ0) is 14.8. The van der Waals surface area contributed by atoms with Gasteiger partial charge in [-0.25, -0.2) is 8.42 Å². The van der Waals surface area contributed by atoms with Crippen molar-refractivity contribution in [2.24, 2.45) is 5.92 Å². The van der Waals surface area contributed by atoms with E-state index >= 15 is 0 Å². The minimum Gasteiger partial charge on any atom is -0.296 e. The summed E-state index contributed by atoms with van der Waals surface area (Å²) in [6.45, 7) is 0. The molecule has 1 saturated heterocycles. The van der Waals surface area contributed by atoms with Crippen molar-refractivity contribution in [3.05, 3.63) is 29.8 Å². The van der Waals surface area contributed by atoms with Gasteiger partial charge in [-0.2, -0.15) is 5.26 Å². The van der Waals surface area contributed by atoms with Gasteiger partial charge in [0.05, 0.1) is 28.2 Å². The van der Waals surface area contributed by atoms with Gasteiger partial charge in [0.2, 0.25) is 11.8 Å². The summed E-state index contributed by atoms with van der Waals surface area (Å²) in [4.78, 5) is 22.6. The summed E-state index contributed by atoms with van der Waals surface area (Å²) >= 11 is 0. The van der Waals surface area contributed by atoms with Crippen LogP contribution in [0.1, 0.15) is 18.4 Å². The Labute approximate surface area is 116 Å². The van der Waals surface area contributed by atoms with Gasteiger partial charge in [-0.15, -0.1) is 0 Å². The summed E-state index contributed by atoms with van der Waals surface area (Å²) < 4.78 is 24.4. The van der Waals surface area contributed by atoms with Crippen molar-refractivity contribution in [1.29, 1.82) is 5.26 Å². The van der Waals surface area contributed by atoms with Crippen LogP contribution < -0.4 is 5.32 Å². The molecule has 1 heterocycles. The van der Waals surface area contributed by atoms with Crippen LogP contribution in [-0.2, 0) is 19.4 Å². The molecule has 0 aliphatic carbocycles. The summed E-state index contributed by atoms with van der Waals surface area (Å²) in [5, 5.41) is 10.9. The van der Waals surface area contributed by atoms with Crippen LogP contribution in [0, 0.1) is 17.2 Å². The van der Waals surface area contributed by atoms with E-state index in [0.29, 0.717) is 0 Å². The number of benzene rings is 1. The molecule has 0 saturated carbocycles. The first-order chi connectivity index (χ1) is 9.42. The van der Waals surface area contributed by atoms with E-state index in [9.17, 15) is 18.0 Å². The number of carbonyl (C=O) groups is 2. The SMILES string of the molecule is N#Cc1cccc(S(=O)(=O)CC2CCC(=O)NC2=O)c1. The van der Waals surface area contributed by atoms with Crippen LogP contribution >= 0.6 is 0 Å². The summed E-state index contributed by atoms with van der Waals surface area (Å²) in [7, 11) is -3.67. The molecule has 0 aromatic heterocycles. The lowest BCUT2D eigenvalue weighted by Crippen LogP contribution is -2.43. The molecule has 6 nitrogen and oxygen atoms in total. The van der Waals surface area contributed by atoms with Crippen molar-refractivity contribution in [2.75, 3.05) is 5.75 Å². The van der Waals surface area contributed by atoms with Crippen molar-refractivity contribution in [1.82, 2.24) is 5.32 Å². The molecular weight excluding hydrogens is 280 g/mol. The smallest absolute Gasteiger partial charge is 0.230 e. The highest BCUT2D eigenvalue weighted by molar-refractivity contribution is 7.91. The van der Waals surface area contributed by atoms with Gasteiger partial charge in [-0.1, -0.05) is 6.07 Å². The van der Waals surface area contributed by atoms with Gasteiger partial charge in [-0.3, -0.25) is 14.9 Å². The number of hydrogen-bond acceptors (Lipinski definition) is 5. The molecule has 1 fully saturated rings. The predicted molar refractivity (Wildman–Crippen MR) is 69.1 cm³/mol. The predicted octanol–water partition coefficient (Wildman–Crippen LogP) is 0.385. The number of rotatable bonds is 3. The first-order valence-electron chi connectivity index (χ1n) is 5.99. The molecule has 1 aliphatic heterocycles. The molecule has 0 spiro atoms. The van der Waals surface area contributed by atoms with Crippen LogP contribution in [-0.4, -0.2) is 26.0 Å². The van der Waals surface area contributed by atoms with Gasteiger partial charge in [0.25, 0.3) is 0 Å². The van der Waals surface area contributed by atoms with E-state index in [1.54, 1.807) is 0 Å². The molecule has 7 heteroatoms. The Bertz CT molecular complexity index is 703. The average Bonchev–Trinajstić information content (AvgIpc) is 2.42. The molecule has 0 bridgehead atoms. The Balaban J connectivity index is 2.21. The van der Waals surface area contributed by atoms with Gasteiger partial charge in [0.1, 0.15) is 0 Å². The van der Waals surface area contributed by atoms with Gasteiger partial charge in [0.15, 0.2) is 9.84 Å². The standard InChI is InChI=1S/C13H12N2O4S/c14-7-9-2-1-3-11(6-9)20(18,19)8-10-4-5-12(16)15-13(10)17/h1-3,6,10H,4-5,8H2,(H,15,16,17). The molecule has 1 aromatic rings. The Morgan fingerprint density at radius 3 is 2.75 bits per heavy atom. The largest absolute Gasteiger partial charge is 0.296 e. The normalized spacial score (nSPS) is 19.2. The van der Waals surface area contributed by atoms with Crippen LogP contribution in [0.25, 0.3) is 0 Å². The molecule has 1 N–H and O–H groups in total. The van der Waals surface area contributed by atoms with Crippen molar-refractivity contribution >= 4 is 21.7 Å². The van der Waals surface area contributed by atoms with Crippen LogP contribution in [0.3, 0.4) is 0 Å². The highest BCUT2D eigenvalue weighted by Gasteiger charge is 2.31. The zero-order valence-electron chi connectivity index (χ0n) is 10.5. The highest BCUT2D eigenvalue weighted by Crippen LogP contribution is 2.20. The van der Waals surface area contributed by atoms with Gasteiger partial charge in [0, 0.05) is 6.42 Å². The monoisotopic (exact) mass is 292 g/mol. The Morgan fingerprint density at radius 2 is 2.10 bits per heavy atom. The Kier molecular flexibility index (Phi) is 3.86. The lowest BCUT2D eigenvalue weighted by atomic mass is 10.0. The molecule has 2 amide bonds. The number of nitrogens with one attached hydrogen (secondary N) is 1. The maximum Gasteiger partial charge on any atom is 0.230 e. The van der Waals surface area contributed by atoms with Crippen molar-refractivity contribution in [2.45, 2.75) is 17.7 Å². The second-order valence-corrected chi connectivity index (χ2v) is 6.60. The molecule has 0 radical (unpaired) electrons. The number of piperidine rings is 1.